The maximum absolute atomic E-state index is 5.95. The zero-order valence-corrected chi connectivity index (χ0v) is 8.94. The number of aryl methyl sites for hydroxylation is 1. The second kappa shape index (κ2) is 5.25. The molecule has 0 saturated carbocycles. The van der Waals surface area contributed by atoms with Crippen LogP contribution in [0.1, 0.15) is 11.1 Å². The van der Waals surface area contributed by atoms with Gasteiger partial charge in [-0.05, 0) is 13.0 Å². The van der Waals surface area contributed by atoms with Gasteiger partial charge in [-0.3, -0.25) is 4.99 Å². The normalized spacial score (nSPS) is 11.8. The first-order chi connectivity index (χ1) is 6.24. The molecule has 13 heavy (non-hydrogen) atoms. The van der Waals surface area contributed by atoms with Crippen molar-refractivity contribution in [1.82, 2.24) is 0 Å². The third-order valence-electron chi connectivity index (χ3n) is 1.59. The van der Waals surface area contributed by atoms with Crippen molar-refractivity contribution in [1.29, 1.82) is 0 Å². The lowest BCUT2D eigenvalue weighted by molar-refractivity contribution is 1.14. The Hall–Kier alpha value is -0.530. The molecule has 3 heteroatoms. The summed E-state index contributed by atoms with van der Waals surface area (Å²) in [7, 11) is 0. The van der Waals surface area contributed by atoms with Gasteiger partial charge in [0.25, 0.3) is 0 Å². The molecule has 0 aromatic heterocycles. The highest BCUT2D eigenvalue weighted by Crippen LogP contribution is 2.08. The van der Waals surface area contributed by atoms with Gasteiger partial charge in [0, 0.05) is 11.4 Å². The fraction of sp³-hybridized carbons (Fsp3) is 0.300. The number of halogens is 2. The fourth-order valence-corrected chi connectivity index (χ4v) is 1.29. The average Bonchev–Trinajstić information content (AvgIpc) is 2.14. The molecule has 0 atom stereocenters. The highest BCUT2D eigenvalue weighted by atomic mass is 35.5. The van der Waals surface area contributed by atoms with Crippen LogP contribution in [0.4, 0.5) is 0 Å². The number of hydrogen-bond acceptors (Lipinski definition) is 1. The van der Waals surface area contributed by atoms with Gasteiger partial charge in [-0.25, -0.2) is 0 Å². The van der Waals surface area contributed by atoms with Crippen molar-refractivity contribution in [3.63, 3.8) is 0 Å². The number of alkyl halides is 1. The van der Waals surface area contributed by atoms with Crippen molar-refractivity contribution < 1.29 is 0 Å². The molecule has 0 amide bonds. The summed E-state index contributed by atoms with van der Waals surface area (Å²) in [6.07, 6.45) is 0. The lowest BCUT2D eigenvalue weighted by Gasteiger charge is -1.99. The molecule has 1 aromatic carbocycles. The average molecular weight is 216 g/mol. The Morgan fingerprint density at radius 2 is 2.23 bits per heavy atom. The third kappa shape index (κ3) is 3.37. The largest absolute Gasteiger partial charge is 0.271 e. The van der Waals surface area contributed by atoms with E-state index in [1.807, 2.05) is 31.2 Å². The van der Waals surface area contributed by atoms with E-state index in [0.29, 0.717) is 17.6 Å². The van der Waals surface area contributed by atoms with Crippen molar-refractivity contribution in [3.05, 3.63) is 35.4 Å². The molecular weight excluding hydrogens is 205 g/mol. The Morgan fingerprint density at radius 3 is 2.85 bits per heavy atom. The zero-order valence-electron chi connectivity index (χ0n) is 7.43. The van der Waals surface area contributed by atoms with Crippen LogP contribution in [0.2, 0.25) is 0 Å². The number of nitrogens with zero attached hydrogens (tertiary/aromatic N) is 1. The third-order valence-corrected chi connectivity index (χ3v) is 2.10. The number of aliphatic imine (C=N–C) groups is 1. The molecule has 0 spiro atoms. The van der Waals surface area contributed by atoms with Crippen LogP contribution in [0.3, 0.4) is 0 Å². The molecular formula is C10H11Cl2N. The molecule has 0 saturated heterocycles. The summed E-state index contributed by atoms with van der Waals surface area (Å²) in [6, 6.07) is 7.92. The quantitative estimate of drug-likeness (QED) is 0.543. The minimum Gasteiger partial charge on any atom is -0.271 e. The van der Waals surface area contributed by atoms with E-state index >= 15 is 0 Å². The Balaban J connectivity index is 2.82. The molecule has 70 valence electrons. The molecule has 0 fully saturated rings. The summed E-state index contributed by atoms with van der Waals surface area (Å²) in [4.78, 5) is 4.10. The second-order valence-corrected chi connectivity index (χ2v) is 3.47. The molecule has 0 heterocycles. The van der Waals surface area contributed by atoms with Crippen LogP contribution in [-0.4, -0.2) is 17.6 Å². The molecule has 1 nitrogen and oxygen atoms in total. The van der Waals surface area contributed by atoms with Gasteiger partial charge in [-0.15, -0.1) is 11.6 Å². The van der Waals surface area contributed by atoms with Gasteiger partial charge in [0.1, 0.15) is 5.17 Å². The fourth-order valence-electron chi connectivity index (χ4n) is 1.01. The van der Waals surface area contributed by atoms with Crippen molar-refractivity contribution in [2.75, 3.05) is 12.4 Å². The Kier molecular flexibility index (Phi) is 4.26. The standard InChI is InChI=1S/C10H11Cl2N/c1-8-3-2-4-9(7-8)10(12)13-6-5-11/h2-4,7H,5-6H2,1H3/b13-10-. The van der Waals surface area contributed by atoms with Crippen molar-refractivity contribution in [2.24, 2.45) is 4.99 Å². The zero-order chi connectivity index (χ0) is 9.68. The predicted molar refractivity (Wildman–Crippen MR) is 59.2 cm³/mol. The van der Waals surface area contributed by atoms with Crippen LogP contribution in [0.25, 0.3) is 0 Å². The Bertz CT molecular complexity index is 308. The van der Waals surface area contributed by atoms with Gasteiger partial charge in [0.15, 0.2) is 0 Å². The molecule has 0 unspecified atom stereocenters. The molecule has 0 radical (unpaired) electrons. The molecule has 0 bridgehead atoms. The van der Waals surface area contributed by atoms with Crippen LogP contribution in [0.15, 0.2) is 29.3 Å². The summed E-state index contributed by atoms with van der Waals surface area (Å²) in [5, 5.41) is 0.532. The lowest BCUT2D eigenvalue weighted by Crippen LogP contribution is -1.94. The summed E-state index contributed by atoms with van der Waals surface area (Å²) < 4.78 is 0. The molecule has 1 rings (SSSR count). The predicted octanol–water partition coefficient (Wildman–Crippen LogP) is 3.22. The van der Waals surface area contributed by atoms with Gasteiger partial charge in [-0.1, -0.05) is 35.4 Å². The van der Waals surface area contributed by atoms with E-state index in [4.69, 9.17) is 23.2 Å². The van der Waals surface area contributed by atoms with Crippen LogP contribution < -0.4 is 0 Å². The van der Waals surface area contributed by atoms with E-state index in [1.54, 1.807) is 0 Å². The topological polar surface area (TPSA) is 12.4 Å². The molecule has 0 aliphatic rings. The maximum atomic E-state index is 5.95. The highest BCUT2D eigenvalue weighted by Gasteiger charge is 1.98. The van der Waals surface area contributed by atoms with Crippen molar-refractivity contribution in [3.8, 4) is 0 Å². The van der Waals surface area contributed by atoms with Gasteiger partial charge in [0.2, 0.25) is 0 Å². The van der Waals surface area contributed by atoms with Crippen LogP contribution >= 0.6 is 23.2 Å². The van der Waals surface area contributed by atoms with E-state index in [2.05, 4.69) is 4.99 Å². The van der Waals surface area contributed by atoms with Gasteiger partial charge in [0.05, 0.1) is 6.54 Å². The Morgan fingerprint density at radius 1 is 1.46 bits per heavy atom. The number of hydrogen-bond donors (Lipinski definition) is 0. The smallest absolute Gasteiger partial charge is 0.130 e. The minimum absolute atomic E-state index is 0.502. The SMILES string of the molecule is Cc1cccc(/C(Cl)=N/CCCl)c1. The molecule has 0 aliphatic heterocycles. The van der Waals surface area contributed by atoms with E-state index < -0.39 is 0 Å². The van der Waals surface area contributed by atoms with Crippen molar-refractivity contribution in [2.45, 2.75) is 6.92 Å². The molecule has 0 N–H and O–H groups in total. The minimum atomic E-state index is 0.502. The second-order valence-electron chi connectivity index (χ2n) is 2.73. The van der Waals surface area contributed by atoms with E-state index in [-0.39, 0.29) is 0 Å². The monoisotopic (exact) mass is 215 g/mol. The summed E-state index contributed by atoms with van der Waals surface area (Å²) >= 11 is 11.4. The first kappa shape index (κ1) is 10.6. The van der Waals surface area contributed by atoms with Gasteiger partial charge >= 0.3 is 0 Å². The van der Waals surface area contributed by atoms with E-state index in [9.17, 15) is 0 Å². The first-order valence-corrected chi connectivity index (χ1v) is 4.98. The Labute approximate surface area is 88.4 Å². The van der Waals surface area contributed by atoms with E-state index in [1.165, 1.54) is 5.56 Å². The van der Waals surface area contributed by atoms with Crippen LogP contribution in [-0.2, 0) is 0 Å². The molecule has 0 aliphatic carbocycles. The highest BCUT2D eigenvalue weighted by molar-refractivity contribution is 6.69. The molecule has 1 aromatic rings. The van der Waals surface area contributed by atoms with Gasteiger partial charge < -0.3 is 0 Å². The lowest BCUT2D eigenvalue weighted by atomic mass is 10.1. The summed E-state index contributed by atoms with van der Waals surface area (Å²) in [5.74, 6) is 0.502. The van der Waals surface area contributed by atoms with Crippen molar-refractivity contribution >= 4 is 28.4 Å². The first-order valence-electron chi connectivity index (χ1n) is 4.07. The van der Waals surface area contributed by atoms with Gasteiger partial charge in [-0.2, -0.15) is 0 Å². The van der Waals surface area contributed by atoms with Crippen LogP contribution in [0.5, 0.6) is 0 Å². The summed E-state index contributed by atoms with van der Waals surface area (Å²) in [5.41, 5.74) is 2.13. The summed E-state index contributed by atoms with van der Waals surface area (Å²) in [6.45, 7) is 2.59. The van der Waals surface area contributed by atoms with E-state index in [0.717, 1.165) is 5.56 Å². The number of rotatable bonds is 3. The van der Waals surface area contributed by atoms with Crippen LogP contribution in [0, 0.1) is 6.92 Å². The maximum Gasteiger partial charge on any atom is 0.130 e. The number of benzene rings is 1.